The molecule has 1 heterocycles. The molecule has 1 aromatic heterocycles. The number of hydrogen-bond acceptors (Lipinski definition) is 4. The molecule has 0 radical (unpaired) electrons. The molecule has 0 atom stereocenters. The van der Waals surface area contributed by atoms with Crippen molar-refractivity contribution in [1.29, 1.82) is 0 Å². The Morgan fingerprint density at radius 3 is 2.36 bits per heavy atom. The molecule has 0 bridgehead atoms. The van der Waals surface area contributed by atoms with Crippen molar-refractivity contribution in [3.63, 3.8) is 0 Å². The lowest BCUT2D eigenvalue weighted by molar-refractivity contribution is -0.144. The number of hydrogen-bond donors (Lipinski definition) is 1. The number of rotatable bonds is 4. The summed E-state index contributed by atoms with van der Waals surface area (Å²) in [6.45, 7) is 1.44. The molecule has 1 aromatic carbocycles. The number of aliphatic carboxylic acids is 1. The van der Waals surface area contributed by atoms with E-state index in [1.54, 1.807) is 0 Å². The van der Waals surface area contributed by atoms with Crippen LogP contribution in [-0.4, -0.2) is 20.2 Å². The van der Waals surface area contributed by atoms with Crippen LogP contribution in [0, 0.1) is 5.82 Å². The highest BCUT2D eigenvalue weighted by Crippen LogP contribution is 2.35. The van der Waals surface area contributed by atoms with E-state index in [9.17, 15) is 31.9 Å². The number of thioether (sulfide) groups is 1. The Morgan fingerprint density at radius 1 is 1.25 bits per heavy atom. The van der Waals surface area contributed by atoms with Gasteiger partial charge in [-0.1, -0.05) is 29.4 Å². The summed E-state index contributed by atoms with van der Waals surface area (Å²) in [4.78, 5) is 35.4. The largest absolute Gasteiger partial charge is 0.477 e. The van der Waals surface area contributed by atoms with E-state index in [2.05, 4.69) is 0 Å². The Labute approximate surface area is 163 Å². The second-order valence-corrected chi connectivity index (χ2v) is 6.83. The highest BCUT2D eigenvalue weighted by molar-refractivity contribution is 8.04. The van der Waals surface area contributed by atoms with Crippen LogP contribution in [0.2, 0.25) is 5.02 Å². The number of carboxylic acid groups (broad SMARTS) is 1. The zero-order valence-corrected chi connectivity index (χ0v) is 15.7. The van der Waals surface area contributed by atoms with Crippen LogP contribution >= 0.6 is 23.4 Å². The van der Waals surface area contributed by atoms with E-state index in [0.717, 1.165) is 19.2 Å². The van der Waals surface area contributed by atoms with Crippen LogP contribution in [0.3, 0.4) is 0 Å². The van der Waals surface area contributed by atoms with Gasteiger partial charge >= 0.3 is 17.8 Å². The first-order valence-corrected chi connectivity index (χ1v) is 8.55. The zero-order valence-electron chi connectivity index (χ0n) is 14.2. The molecule has 12 heteroatoms. The predicted octanol–water partition coefficient (Wildman–Crippen LogP) is 3.43. The summed E-state index contributed by atoms with van der Waals surface area (Å²) in [6.07, 6.45) is -3.72. The summed E-state index contributed by atoms with van der Waals surface area (Å²) in [5, 5.41) is 8.87. The van der Waals surface area contributed by atoms with Crippen LogP contribution < -0.4 is 11.2 Å². The van der Waals surface area contributed by atoms with Crippen molar-refractivity contribution in [1.82, 2.24) is 9.13 Å². The third kappa shape index (κ3) is 4.14. The summed E-state index contributed by atoms with van der Waals surface area (Å²) >= 11 is 6.51. The fraction of sp³-hybridized carbons (Fsp3) is 0.188. The lowest BCUT2D eigenvalue weighted by Crippen LogP contribution is -2.41. The maximum Gasteiger partial charge on any atom is 0.431 e. The summed E-state index contributed by atoms with van der Waals surface area (Å²) in [5.41, 5.74) is -4.99. The minimum atomic E-state index is -4.96. The fourth-order valence-corrected chi connectivity index (χ4v) is 3.27. The normalized spacial score (nSPS) is 12.3. The highest BCUT2D eigenvalue weighted by Gasteiger charge is 2.35. The maximum absolute atomic E-state index is 14.4. The standard InChI is InChI=1S/C16H11ClF4N2O4S/c1-3-10(14(25)26)28-11-5-9(8(18)4-7(11)17)23-13(24)6-12(16(19,20)21)22(2)15(23)27/h3-6H,1-2H3,(H,25,26)/b10-3-. The van der Waals surface area contributed by atoms with Gasteiger partial charge in [-0.05, 0) is 19.1 Å². The van der Waals surface area contributed by atoms with E-state index in [4.69, 9.17) is 16.7 Å². The lowest BCUT2D eigenvalue weighted by atomic mass is 10.3. The molecule has 2 aromatic rings. The van der Waals surface area contributed by atoms with Crippen molar-refractivity contribution in [3.8, 4) is 5.69 Å². The summed E-state index contributed by atoms with van der Waals surface area (Å²) < 4.78 is 53.5. The average molecular weight is 439 g/mol. The number of aromatic nitrogens is 2. The Hall–Kier alpha value is -2.53. The molecule has 2 rings (SSSR count). The number of halogens is 5. The van der Waals surface area contributed by atoms with E-state index in [1.807, 2.05) is 0 Å². The zero-order chi connectivity index (χ0) is 21.4. The SMILES string of the molecule is C/C=C(\Sc1cc(-n2c(=O)cc(C(F)(F)F)n(C)c2=O)c(F)cc1Cl)C(=O)O. The third-order valence-electron chi connectivity index (χ3n) is 3.55. The van der Waals surface area contributed by atoms with Crippen LogP contribution in [0.5, 0.6) is 0 Å². The van der Waals surface area contributed by atoms with Crippen LogP contribution in [0.1, 0.15) is 12.6 Å². The van der Waals surface area contributed by atoms with E-state index in [1.165, 1.54) is 13.0 Å². The van der Waals surface area contributed by atoms with Crippen molar-refractivity contribution in [3.05, 3.63) is 66.6 Å². The van der Waals surface area contributed by atoms with Gasteiger partial charge in [0.2, 0.25) is 0 Å². The third-order valence-corrected chi connectivity index (χ3v) is 5.16. The molecule has 0 saturated carbocycles. The highest BCUT2D eigenvalue weighted by atomic mass is 35.5. The first kappa shape index (κ1) is 21.8. The number of nitrogens with zero attached hydrogens (tertiary/aromatic N) is 2. The van der Waals surface area contributed by atoms with Gasteiger partial charge in [-0.2, -0.15) is 13.2 Å². The van der Waals surface area contributed by atoms with Crippen molar-refractivity contribution < 1.29 is 27.5 Å². The van der Waals surface area contributed by atoms with Gasteiger partial charge in [0.25, 0.3) is 5.56 Å². The maximum atomic E-state index is 14.4. The number of alkyl halides is 3. The second kappa shape index (κ2) is 7.84. The topological polar surface area (TPSA) is 81.3 Å². The second-order valence-electron chi connectivity index (χ2n) is 5.34. The molecule has 0 aliphatic heterocycles. The van der Waals surface area contributed by atoms with Crippen molar-refractivity contribution in [2.75, 3.05) is 0 Å². The van der Waals surface area contributed by atoms with Crippen molar-refractivity contribution >= 4 is 29.3 Å². The van der Waals surface area contributed by atoms with Gasteiger partial charge in [-0.25, -0.2) is 18.5 Å². The van der Waals surface area contributed by atoms with Gasteiger partial charge in [0.15, 0.2) is 0 Å². The molecular weight excluding hydrogens is 428 g/mol. The molecule has 0 saturated heterocycles. The summed E-state index contributed by atoms with van der Waals surface area (Å²) in [5.74, 6) is -2.44. The van der Waals surface area contributed by atoms with Crippen LogP contribution in [0.4, 0.5) is 17.6 Å². The van der Waals surface area contributed by atoms with Crippen LogP contribution in [0.25, 0.3) is 5.69 Å². The van der Waals surface area contributed by atoms with Crippen molar-refractivity contribution in [2.45, 2.75) is 18.0 Å². The molecule has 0 unspecified atom stereocenters. The lowest BCUT2D eigenvalue weighted by Gasteiger charge is -2.15. The van der Waals surface area contributed by atoms with E-state index < -0.39 is 40.6 Å². The first-order valence-electron chi connectivity index (χ1n) is 7.35. The minimum Gasteiger partial charge on any atom is -0.477 e. The van der Waals surface area contributed by atoms with Gasteiger partial charge < -0.3 is 5.11 Å². The van der Waals surface area contributed by atoms with Crippen LogP contribution in [-0.2, 0) is 18.0 Å². The fourth-order valence-electron chi connectivity index (χ4n) is 2.23. The van der Waals surface area contributed by atoms with E-state index in [0.29, 0.717) is 11.8 Å². The van der Waals surface area contributed by atoms with Gasteiger partial charge in [0.1, 0.15) is 11.5 Å². The Balaban J connectivity index is 2.75. The number of carbonyl (C=O) groups is 1. The summed E-state index contributed by atoms with van der Waals surface area (Å²) in [7, 11) is 0.785. The molecule has 0 spiro atoms. The number of allylic oxidation sites excluding steroid dienone is 1. The van der Waals surface area contributed by atoms with Gasteiger partial charge in [-0.3, -0.25) is 9.36 Å². The average Bonchev–Trinajstić information content (AvgIpc) is 2.57. The summed E-state index contributed by atoms with van der Waals surface area (Å²) in [6, 6.07) is 1.82. The quantitative estimate of drug-likeness (QED) is 0.449. The van der Waals surface area contributed by atoms with Gasteiger partial charge in [-0.15, -0.1) is 0 Å². The minimum absolute atomic E-state index is 0.0117. The number of benzene rings is 1. The monoisotopic (exact) mass is 438 g/mol. The van der Waals surface area contributed by atoms with E-state index in [-0.39, 0.29) is 30.0 Å². The Kier molecular flexibility index (Phi) is 6.09. The molecule has 6 nitrogen and oxygen atoms in total. The number of carboxylic acids is 1. The molecule has 0 fully saturated rings. The molecule has 150 valence electrons. The molecule has 0 aliphatic rings. The first-order chi connectivity index (χ1) is 12.9. The van der Waals surface area contributed by atoms with E-state index >= 15 is 0 Å². The van der Waals surface area contributed by atoms with Crippen molar-refractivity contribution in [2.24, 2.45) is 7.05 Å². The van der Waals surface area contributed by atoms with Gasteiger partial charge in [0.05, 0.1) is 15.6 Å². The Bertz CT molecular complexity index is 1110. The smallest absolute Gasteiger partial charge is 0.431 e. The Morgan fingerprint density at radius 2 is 1.86 bits per heavy atom. The molecular formula is C16H11ClF4N2O4S. The molecule has 0 aliphatic carbocycles. The molecule has 28 heavy (non-hydrogen) atoms. The van der Waals surface area contributed by atoms with Crippen LogP contribution in [0.15, 0.2) is 43.7 Å². The molecule has 1 N–H and O–H groups in total. The molecule has 0 amide bonds. The predicted molar refractivity (Wildman–Crippen MR) is 94.5 cm³/mol. The van der Waals surface area contributed by atoms with Gasteiger partial charge in [0, 0.05) is 18.0 Å².